The van der Waals surface area contributed by atoms with E-state index in [2.05, 4.69) is 17.6 Å². The molecule has 6 heteroatoms. The lowest BCUT2D eigenvalue weighted by atomic mass is 9.80. The molecule has 0 spiro atoms. The molecule has 1 atom stereocenters. The van der Waals surface area contributed by atoms with Gasteiger partial charge in [-0.3, -0.25) is 4.79 Å². The van der Waals surface area contributed by atoms with Gasteiger partial charge in [-0.15, -0.1) is 0 Å². The van der Waals surface area contributed by atoms with Gasteiger partial charge in [0.1, 0.15) is 12.1 Å². The summed E-state index contributed by atoms with van der Waals surface area (Å²) in [5.41, 5.74) is -0.0548. The molecule has 0 radical (unpaired) electrons. The second kappa shape index (κ2) is 10.9. The third kappa shape index (κ3) is 6.54. The summed E-state index contributed by atoms with van der Waals surface area (Å²) in [6, 6.07) is 9.17. The summed E-state index contributed by atoms with van der Waals surface area (Å²) in [5, 5.41) is 15.3. The number of hydrogen-bond acceptors (Lipinski definition) is 4. The highest BCUT2D eigenvalue weighted by molar-refractivity contribution is 5.90. The molecule has 0 heterocycles. The summed E-state index contributed by atoms with van der Waals surface area (Å²) >= 11 is 0. The second-order valence-corrected chi connectivity index (χ2v) is 7.32. The van der Waals surface area contributed by atoms with Crippen LogP contribution in [0.4, 0.5) is 4.79 Å². The number of carbonyl (C=O) groups excluding carboxylic acids is 2. The van der Waals surface area contributed by atoms with Crippen LogP contribution in [0.3, 0.4) is 0 Å². The molecule has 1 unspecified atom stereocenters. The Bertz CT molecular complexity index is 585. The quantitative estimate of drug-likeness (QED) is 0.617. The van der Waals surface area contributed by atoms with E-state index in [1.165, 1.54) is 0 Å². The van der Waals surface area contributed by atoms with Crippen molar-refractivity contribution in [3.8, 4) is 0 Å². The van der Waals surface area contributed by atoms with E-state index in [4.69, 9.17) is 4.74 Å². The van der Waals surface area contributed by atoms with E-state index in [1.807, 2.05) is 30.3 Å². The summed E-state index contributed by atoms with van der Waals surface area (Å²) in [6.07, 6.45) is 6.08. The van der Waals surface area contributed by atoms with Gasteiger partial charge in [-0.05, 0) is 24.8 Å². The van der Waals surface area contributed by atoms with Gasteiger partial charge in [-0.2, -0.15) is 0 Å². The van der Waals surface area contributed by atoms with Crippen LogP contribution < -0.4 is 10.6 Å². The number of unbranched alkanes of at least 4 members (excludes halogenated alkanes) is 1. The molecule has 150 valence electrons. The van der Waals surface area contributed by atoms with Crippen molar-refractivity contribution in [1.82, 2.24) is 10.6 Å². The molecule has 2 rings (SSSR count). The van der Waals surface area contributed by atoms with Crippen molar-refractivity contribution < 1.29 is 19.4 Å². The molecule has 0 saturated heterocycles. The second-order valence-electron chi connectivity index (χ2n) is 7.32. The first-order chi connectivity index (χ1) is 13.1. The van der Waals surface area contributed by atoms with Crippen LogP contribution in [-0.4, -0.2) is 35.3 Å². The fourth-order valence-electron chi connectivity index (χ4n) is 3.50. The number of amides is 2. The topological polar surface area (TPSA) is 87.7 Å². The number of aliphatic hydroxyl groups excluding tert-OH is 1. The first-order valence-electron chi connectivity index (χ1n) is 10.0. The summed E-state index contributed by atoms with van der Waals surface area (Å²) in [5.74, 6) is -0.214. The van der Waals surface area contributed by atoms with Crippen molar-refractivity contribution in [2.45, 2.75) is 76.5 Å². The van der Waals surface area contributed by atoms with Gasteiger partial charge in [0.2, 0.25) is 5.91 Å². The molecule has 2 amide bonds. The van der Waals surface area contributed by atoms with Gasteiger partial charge in [0.05, 0.1) is 12.6 Å². The van der Waals surface area contributed by atoms with E-state index in [9.17, 15) is 14.7 Å². The van der Waals surface area contributed by atoms with Gasteiger partial charge in [0.15, 0.2) is 0 Å². The number of aliphatic hydroxyl groups is 1. The molecule has 27 heavy (non-hydrogen) atoms. The highest BCUT2D eigenvalue weighted by Crippen LogP contribution is 2.29. The molecule has 0 bridgehead atoms. The largest absolute Gasteiger partial charge is 0.445 e. The predicted molar refractivity (Wildman–Crippen MR) is 104 cm³/mol. The maximum atomic E-state index is 13.0. The Kier molecular flexibility index (Phi) is 8.58. The van der Waals surface area contributed by atoms with Crippen molar-refractivity contribution in [1.29, 1.82) is 0 Å². The molecule has 0 aliphatic heterocycles. The van der Waals surface area contributed by atoms with E-state index in [-0.39, 0.29) is 25.2 Å². The van der Waals surface area contributed by atoms with E-state index in [1.54, 1.807) is 0 Å². The maximum Gasteiger partial charge on any atom is 0.408 e. The average molecular weight is 376 g/mol. The Morgan fingerprint density at radius 2 is 1.89 bits per heavy atom. The first-order valence-corrected chi connectivity index (χ1v) is 10.0. The predicted octanol–water partition coefficient (Wildman–Crippen LogP) is 3.28. The van der Waals surface area contributed by atoms with Crippen molar-refractivity contribution in [3.63, 3.8) is 0 Å². The Morgan fingerprint density at radius 1 is 1.19 bits per heavy atom. The normalized spacial score (nSPS) is 17.0. The standard InChI is InChI=1S/C21H32N2O4/c1-2-3-12-18(15-24)22-19(25)21(13-8-5-9-14-21)23-20(26)27-16-17-10-6-4-7-11-17/h4,6-7,10-11,18,24H,2-3,5,8-9,12-16H2,1H3,(H,22,25)(H,23,26). The third-order valence-corrected chi connectivity index (χ3v) is 5.16. The molecular formula is C21H32N2O4. The van der Waals surface area contributed by atoms with Gasteiger partial charge in [0.25, 0.3) is 0 Å². The molecule has 1 aliphatic carbocycles. The Hall–Kier alpha value is -2.08. The van der Waals surface area contributed by atoms with E-state index in [0.717, 1.165) is 44.1 Å². The Labute approximate surface area is 161 Å². The summed E-state index contributed by atoms with van der Waals surface area (Å²) < 4.78 is 5.32. The van der Waals surface area contributed by atoms with E-state index >= 15 is 0 Å². The number of hydrogen-bond donors (Lipinski definition) is 3. The Morgan fingerprint density at radius 3 is 2.52 bits per heavy atom. The van der Waals surface area contributed by atoms with Crippen LogP contribution in [0.1, 0.15) is 63.9 Å². The molecule has 1 aromatic rings. The fraction of sp³-hybridized carbons (Fsp3) is 0.619. The molecule has 3 N–H and O–H groups in total. The fourth-order valence-corrected chi connectivity index (χ4v) is 3.50. The average Bonchev–Trinajstić information content (AvgIpc) is 2.70. The van der Waals surface area contributed by atoms with Gasteiger partial charge >= 0.3 is 6.09 Å². The smallest absolute Gasteiger partial charge is 0.408 e. The first kappa shape index (κ1) is 21.2. The van der Waals surface area contributed by atoms with Gasteiger partial charge < -0.3 is 20.5 Å². The van der Waals surface area contributed by atoms with Crippen molar-refractivity contribution in [2.24, 2.45) is 0 Å². The number of ether oxygens (including phenoxy) is 1. The maximum absolute atomic E-state index is 13.0. The van der Waals surface area contributed by atoms with Crippen molar-refractivity contribution in [3.05, 3.63) is 35.9 Å². The zero-order chi connectivity index (χ0) is 19.5. The van der Waals surface area contributed by atoms with Crippen LogP contribution in [0.25, 0.3) is 0 Å². The van der Waals surface area contributed by atoms with Crippen LogP contribution >= 0.6 is 0 Å². The SMILES string of the molecule is CCCCC(CO)NC(=O)C1(NC(=O)OCc2ccccc2)CCCCC1. The van der Waals surface area contributed by atoms with Gasteiger partial charge in [-0.25, -0.2) is 4.79 Å². The number of carbonyl (C=O) groups is 2. The molecule has 6 nitrogen and oxygen atoms in total. The lowest BCUT2D eigenvalue weighted by molar-refractivity contribution is -0.130. The van der Waals surface area contributed by atoms with Gasteiger partial charge in [0, 0.05) is 0 Å². The summed E-state index contributed by atoms with van der Waals surface area (Å²) in [4.78, 5) is 25.3. The van der Waals surface area contributed by atoms with E-state index in [0.29, 0.717) is 12.8 Å². The molecule has 1 aromatic carbocycles. The number of rotatable bonds is 9. The molecule has 0 aromatic heterocycles. The molecular weight excluding hydrogens is 344 g/mol. The lowest BCUT2D eigenvalue weighted by Crippen LogP contribution is -2.61. The van der Waals surface area contributed by atoms with Crippen LogP contribution in [-0.2, 0) is 16.1 Å². The number of benzene rings is 1. The zero-order valence-electron chi connectivity index (χ0n) is 16.2. The zero-order valence-corrected chi connectivity index (χ0v) is 16.2. The minimum Gasteiger partial charge on any atom is -0.445 e. The molecule has 1 aliphatic rings. The van der Waals surface area contributed by atoms with Crippen LogP contribution in [0, 0.1) is 0 Å². The minimum absolute atomic E-state index is 0.0970. The molecule has 1 saturated carbocycles. The van der Waals surface area contributed by atoms with Crippen molar-refractivity contribution >= 4 is 12.0 Å². The highest BCUT2D eigenvalue weighted by atomic mass is 16.5. The van der Waals surface area contributed by atoms with E-state index < -0.39 is 11.6 Å². The van der Waals surface area contributed by atoms with Crippen LogP contribution in [0.15, 0.2) is 30.3 Å². The van der Waals surface area contributed by atoms with Crippen LogP contribution in [0.2, 0.25) is 0 Å². The third-order valence-electron chi connectivity index (χ3n) is 5.16. The van der Waals surface area contributed by atoms with Crippen LogP contribution in [0.5, 0.6) is 0 Å². The minimum atomic E-state index is -0.953. The highest BCUT2D eigenvalue weighted by Gasteiger charge is 2.42. The number of alkyl carbamates (subject to hydrolysis) is 1. The summed E-state index contributed by atoms with van der Waals surface area (Å²) in [6.45, 7) is 2.14. The Balaban J connectivity index is 1.97. The van der Waals surface area contributed by atoms with Gasteiger partial charge in [-0.1, -0.05) is 69.4 Å². The molecule has 1 fully saturated rings. The van der Waals surface area contributed by atoms with Crippen molar-refractivity contribution in [2.75, 3.05) is 6.61 Å². The summed E-state index contributed by atoms with van der Waals surface area (Å²) in [7, 11) is 0. The lowest BCUT2D eigenvalue weighted by Gasteiger charge is -2.37. The monoisotopic (exact) mass is 376 g/mol. The number of nitrogens with one attached hydrogen (secondary N) is 2.